The van der Waals surface area contributed by atoms with E-state index < -0.39 is 0 Å². The highest BCUT2D eigenvalue weighted by atomic mass is 32.2. The number of aromatic nitrogens is 3. The fourth-order valence-corrected chi connectivity index (χ4v) is 4.02. The number of hydrogen-bond acceptors (Lipinski definition) is 4. The molecule has 0 aromatic carbocycles. The molecule has 1 aliphatic heterocycles. The van der Waals surface area contributed by atoms with Gasteiger partial charge < -0.3 is 4.90 Å². The molecule has 1 saturated heterocycles. The molecular weight excluding hydrogens is 308 g/mol. The average Bonchev–Trinajstić information content (AvgIpc) is 3.33. The van der Waals surface area contributed by atoms with Crippen LogP contribution in [0.3, 0.4) is 0 Å². The summed E-state index contributed by atoms with van der Waals surface area (Å²) in [5.74, 6) is 2.72. The normalized spacial score (nSPS) is 18.8. The van der Waals surface area contributed by atoms with Gasteiger partial charge in [-0.05, 0) is 32.8 Å². The Morgan fingerprint density at radius 2 is 2.04 bits per heavy atom. The molecule has 0 atom stereocenters. The first-order valence-electron chi connectivity index (χ1n) is 8.40. The third-order valence-electron chi connectivity index (χ3n) is 4.60. The second kappa shape index (κ2) is 5.82. The molecule has 1 amide bonds. The van der Waals surface area contributed by atoms with E-state index in [-0.39, 0.29) is 11.9 Å². The van der Waals surface area contributed by atoms with Crippen LogP contribution < -0.4 is 0 Å². The zero-order valence-corrected chi connectivity index (χ0v) is 14.5. The average molecular weight is 330 g/mol. The Kier molecular flexibility index (Phi) is 3.79. The molecule has 2 aliphatic rings. The molecule has 0 radical (unpaired) electrons. The highest BCUT2D eigenvalue weighted by Gasteiger charge is 2.29. The lowest BCUT2D eigenvalue weighted by Gasteiger charge is -2.26. The number of carbonyl (C=O) groups is 1. The van der Waals surface area contributed by atoms with E-state index >= 15 is 0 Å². The molecule has 0 N–H and O–H groups in total. The monoisotopic (exact) mass is 330 g/mol. The van der Waals surface area contributed by atoms with Crippen LogP contribution in [0.2, 0.25) is 0 Å². The first kappa shape index (κ1) is 15.0. The van der Waals surface area contributed by atoms with Crippen LogP contribution in [0.5, 0.6) is 0 Å². The summed E-state index contributed by atoms with van der Waals surface area (Å²) in [6, 6.07) is 2.26. The predicted octanol–water partition coefficient (Wildman–Crippen LogP) is 3.08. The molecule has 3 heterocycles. The molecule has 0 unspecified atom stereocenters. The van der Waals surface area contributed by atoms with Crippen LogP contribution >= 0.6 is 11.8 Å². The van der Waals surface area contributed by atoms with Gasteiger partial charge in [0.15, 0.2) is 5.65 Å². The van der Waals surface area contributed by atoms with Crippen molar-refractivity contribution in [3.63, 3.8) is 0 Å². The van der Waals surface area contributed by atoms with E-state index in [9.17, 15) is 4.79 Å². The van der Waals surface area contributed by atoms with Gasteiger partial charge in [-0.3, -0.25) is 4.79 Å². The van der Waals surface area contributed by atoms with Gasteiger partial charge in [0.2, 0.25) is 0 Å². The maximum atomic E-state index is 13.0. The quantitative estimate of drug-likeness (QED) is 0.868. The zero-order valence-electron chi connectivity index (χ0n) is 13.7. The Bertz CT molecular complexity index is 744. The van der Waals surface area contributed by atoms with Crippen LogP contribution in [0.4, 0.5) is 0 Å². The number of thioether (sulfide) groups is 1. The van der Waals surface area contributed by atoms with Crippen LogP contribution in [0.15, 0.2) is 12.3 Å². The van der Waals surface area contributed by atoms with Gasteiger partial charge in [-0.25, -0.2) is 9.67 Å². The lowest BCUT2D eigenvalue weighted by atomic mass is 10.1. The van der Waals surface area contributed by atoms with Crippen LogP contribution in [-0.4, -0.2) is 50.2 Å². The van der Waals surface area contributed by atoms with Gasteiger partial charge in [0.05, 0.1) is 17.1 Å². The molecular formula is C17H22N4OS. The smallest absolute Gasteiger partial charge is 0.254 e. The Balaban J connectivity index is 1.82. The molecule has 2 aromatic heterocycles. The molecule has 2 fully saturated rings. The van der Waals surface area contributed by atoms with E-state index in [1.54, 1.807) is 0 Å². The number of pyridine rings is 1. The maximum absolute atomic E-state index is 13.0. The molecule has 23 heavy (non-hydrogen) atoms. The summed E-state index contributed by atoms with van der Waals surface area (Å²) in [6.45, 7) is 5.87. The van der Waals surface area contributed by atoms with Crippen LogP contribution in [-0.2, 0) is 0 Å². The zero-order chi connectivity index (χ0) is 16.0. The lowest BCUT2D eigenvalue weighted by molar-refractivity contribution is 0.0774. The minimum Gasteiger partial charge on any atom is -0.337 e. The summed E-state index contributed by atoms with van der Waals surface area (Å²) in [5, 5.41) is 5.38. The fraction of sp³-hybridized carbons (Fsp3) is 0.588. The molecule has 4 rings (SSSR count). The van der Waals surface area contributed by atoms with Gasteiger partial charge in [0.1, 0.15) is 0 Å². The molecule has 1 aliphatic carbocycles. The molecule has 1 saturated carbocycles. The third kappa shape index (κ3) is 2.73. The van der Waals surface area contributed by atoms with Crippen LogP contribution in [0.25, 0.3) is 11.0 Å². The van der Waals surface area contributed by atoms with E-state index in [0.717, 1.165) is 46.9 Å². The van der Waals surface area contributed by atoms with Crippen molar-refractivity contribution in [3.05, 3.63) is 23.5 Å². The predicted molar refractivity (Wildman–Crippen MR) is 93.1 cm³/mol. The van der Waals surface area contributed by atoms with Crippen molar-refractivity contribution < 1.29 is 4.79 Å². The number of amides is 1. The van der Waals surface area contributed by atoms with Crippen LogP contribution in [0.1, 0.15) is 54.7 Å². The molecule has 2 aromatic rings. The van der Waals surface area contributed by atoms with Crippen molar-refractivity contribution in [1.82, 2.24) is 19.7 Å². The number of fused-ring (bicyclic) bond motifs is 1. The summed E-state index contributed by atoms with van der Waals surface area (Å²) in [4.78, 5) is 19.9. The van der Waals surface area contributed by atoms with Gasteiger partial charge in [0, 0.05) is 42.2 Å². The van der Waals surface area contributed by atoms with Crippen molar-refractivity contribution in [2.24, 2.45) is 0 Å². The van der Waals surface area contributed by atoms with E-state index in [0.29, 0.717) is 5.92 Å². The van der Waals surface area contributed by atoms with Crippen molar-refractivity contribution >= 4 is 28.7 Å². The second-order valence-electron chi connectivity index (χ2n) is 6.69. The topological polar surface area (TPSA) is 51.0 Å². The van der Waals surface area contributed by atoms with Gasteiger partial charge in [-0.15, -0.1) is 0 Å². The first-order chi connectivity index (χ1) is 11.1. The highest BCUT2D eigenvalue weighted by Crippen LogP contribution is 2.40. The Hall–Kier alpha value is -1.56. The van der Waals surface area contributed by atoms with Crippen molar-refractivity contribution in [1.29, 1.82) is 0 Å². The first-order valence-corrected chi connectivity index (χ1v) is 9.56. The van der Waals surface area contributed by atoms with E-state index in [4.69, 9.17) is 4.98 Å². The van der Waals surface area contributed by atoms with E-state index in [1.165, 1.54) is 12.8 Å². The van der Waals surface area contributed by atoms with Gasteiger partial charge in [0.25, 0.3) is 5.91 Å². The number of hydrogen-bond donors (Lipinski definition) is 0. The molecule has 6 heteroatoms. The van der Waals surface area contributed by atoms with Crippen molar-refractivity contribution in [3.8, 4) is 0 Å². The largest absolute Gasteiger partial charge is 0.337 e. The number of carbonyl (C=O) groups excluding carboxylic acids is 1. The van der Waals surface area contributed by atoms with Crippen molar-refractivity contribution in [2.75, 3.05) is 24.6 Å². The third-order valence-corrected chi connectivity index (χ3v) is 5.54. The van der Waals surface area contributed by atoms with E-state index in [2.05, 4.69) is 18.9 Å². The van der Waals surface area contributed by atoms with Gasteiger partial charge in [-0.1, -0.05) is 0 Å². The minimum atomic E-state index is 0.142. The van der Waals surface area contributed by atoms with Crippen LogP contribution in [0, 0.1) is 0 Å². The highest BCUT2D eigenvalue weighted by molar-refractivity contribution is 7.99. The lowest BCUT2D eigenvalue weighted by Crippen LogP contribution is -2.38. The summed E-state index contributed by atoms with van der Waals surface area (Å²) in [6.07, 6.45) is 4.18. The standard InChI is InChI=1S/C17H22N4OS/c1-11(2)21-16-14(10-18-21)13(9-15(19-16)12-3-4-12)17(22)20-5-7-23-8-6-20/h9-12H,3-8H2,1-2H3. The summed E-state index contributed by atoms with van der Waals surface area (Å²) < 4.78 is 1.93. The maximum Gasteiger partial charge on any atom is 0.254 e. The minimum absolute atomic E-state index is 0.142. The molecule has 122 valence electrons. The second-order valence-corrected chi connectivity index (χ2v) is 7.92. The van der Waals surface area contributed by atoms with Gasteiger partial charge >= 0.3 is 0 Å². The summed E-state index contributed by atoms with van der Waals surface area (Å²) >= 11 is 1.92. The van der Waals surface area contributed by atoms with Crippen molar-refractivity contribution in [2.45, 2.75) is 38.6 Å². The molecule has 0 spiro atoms. The summed E-state index contributed by atoms with van der Waals surface area (Å²) in [5.41, 5.74) is 2.71. The molecule has 5 nitrogen and oxygen atoms in total. The number of rotatable bonds is 3. The summed E-state index contributed by atoms with van der Waals surface area (Å²) in [7, 11) is 0. The number of nitrogens with zero attached hydrogens (tertiary/aromatic N) is 4. The SMILES string of the molecule is CC(C)n1ncc2c(C(=O)N3CCSCC3)cc(C3CC3)nc21. The van der Waals surface area contributed by atoms with E-state index in [1.807, 2.05) is 33.6 Å². The van der Waals surface area contributed by atoms with Gasteiger partial charge in [-0.2, -0.15) is 16.9 Å². The fourth-order valence-electron chi connectivity index (χ4n) is 3.12. The Labute approximate surface area is 140 Å². The Morgan fingerprint density at radius 1 is 1.30 bits per heavy atom. The Morgan fingerprint density at radius 3 is 2.70 bits per heavy atom. The molecule has 0 bridgehead atoms.